The number of carbonyl (C=O) groups excluding carboxylic acids is 1. The lowest BCUT2D eigenvalue weighted by Gasteiger charge is -2.27. The topological polar surface area (TPSA) is 78.4 Å². The van der Waals surface area contributed by atoms with Crippen LogP contribution >= 0.6 is 23.2 Å². The molecule has 1 unspecified atom stereocenters. The van der Waals surface area contributed by atoms with E-state index in [2.05, 4.69) is 10.6 Å². The Morgan fingerprint density at radius 1 is 1.21 bits per heavy atom. The average molecular weight is 377 g/mol. The molecule has 2 amide bonds. The van der Waals surface area contributed by atoms with Crippen molar-refractivity contribution in [1.82, 2.24) is 10.6 Å². The normalized spacial score (nSPS) is 21.8. The first-order valence-corrected chi connectivity index (χ1v) is 8.47. The van der Waals surface area contributed by atoms with E-state index < -0.39 is 23.9 Å². The van der Waals surface area contributed by atoms with Gasteiger partial charge in [-0.15, -0.1) is 0 Å². The van der Waals surface area contributed by atoms with Gasteiger partial charge in [0.2, 0.25) is 0 Å². The molecule has 0 heterocycles. The van der Waals surface area contributed by atoms with E-state index in [0.29, 0.717) is 31.2 Å². The minimum Gasteiger partial charge on any atom is -0.481 e. The number of benzene rings is 1. The number of aliphatic carboxylic acids is 1. The van der Waals surface area contributed by atoms with Gasteiger partial charge in [0.25, 0.3) is 0 Å². The molecule has 1 aliphatic carbocycles. The highest BCUT2D eigenvalue weighted by molar-refractivity contribution is 6.35. The monoisotopic (exact) mass is 376 g/mol. The molecule has 1 aromatic carbocycles. The summed E-state index contributed by atoms with van der Waals surface area (Å²) in [7, 11) is 0. The molecule has 1 saturated carbocycles. The Morgan fingerprint density at radius 3 is 2.42 bits per heavy atom. The van der Waals surface area contributed by atoms with Crippen molar-refractivity contribution in [1.29, 1.82) is 0 Å². The number of rotatable bonds is 4. The van der Waals surface area contributed by atoms with Gasteiger partial charge in [0.15, 0.2) is 0 Å². The predicted octanol–water partition coefficient (Wildman–Crippen LogP) is 4.14. The van der Waals surface area contributed by atoms with Gasteiger partial charge in [0, 0.05) is 11.1 Å². The number of halogens is 3. The van der Waals surface area contributed by atoms with Crippen LogP contribution in [0.4, 0.5) is 9.18 Å². The minimum absolute atomic E-state index is 0.0646. The Balaban J connectivity index is 1.89. The molecule has 1 atom stereocenters. The molecule has 8 heteroatoms. The largest absolute Gasteiger partial charge is 0.481 e. The maximum Gasteiger partial charge on any atom is 0.315 e. The Morgan fingerprint density at radius 2 is 1.83 bits per heavy atom. The lowest BCUT2D eigenvalue weighted by molar-refractivity contribution is -0.142. The Bertz CT molecular complexity index is 634. The summed E-state index contributed by atoms with van der Waals surface area (Å²) in [5.41, 5.74) is 0.434. The first-order valence-electron chi connectivity index (χ1n) is 7.72. The van der Waals surface area contributed by atoms with Gasteiger partial charge >= 0.3 is 12.0 Å². The highest BCUT2D eigenvalue weighted by Crippen LogP contribution is 2.29. The summed E-state index contributed by atoms with van der Waals surface area (Å²) < 4.78 is 13.6. The third kappa shape index (κ3) is 4.74. The molecule has 3 N–H and O–H groups in total. The van der Waals surface area contributed by atoms with Crippen molar-refractivity contribution in [2.45, 2.75) is 44.7 Å². The predicted molar refractivity (Wildman–Crippen MR) is 89.9 cm³/mol. The molecule has 1 fully saturated rings. The number of carbonyl (C=O) groups is 2. The summed E-state index contributed by atoms with van der Waals surface area (Å²) in [4.78, 5) is 23.0. The van der Waals surface area contributed by atoms with Gasteiger partial charge in [-0.1, -0.05) is 23.2 Å². The lowest BCUT2D eigenvalue weighted by atomic mass is 9.86. The van der Waals surface area contributed by atoms with E-state index in [-0.39, 0.29) is 22.0 Å². The number of nitrogens with one attached hydrogen (secondary N) is 2. The molecule has 5 nitrogen and oxygen atoms in total. The van der Waals surface area contributed by atoms with Crippen LogP contribution in [0.1, 0.15) is 44.2 Å². The van der Waals surface area contributed by atoms with E-state index in [0.717, 1.165) is 0 Å². The zero-order valence-corrected chi connectivity index (χ0v) is 14.6. The number of carboxylic acids is 1. The molecular formula is C16H19Cl2FN2O3. The number of hydrogen-bond donors (Lipinski definition) is 3. The molecule has 1 aromatic rings. The summed E-state index contributed by atoms with van der Waals surface area (Å²) in [6.45, 7) is 1.69. The zero-order chi connectivity index (χ0) is 17.9. The maximum atomic E-state index is 13.6. The molecule has 0 aliphatic heterocycles. The Kier molecular flexibility index (Phi) is 6.29. The number of carboxylic acid groups (broad SMARTS) is 1. The lowest BCUT2D eigenvalue weighted by Crippen LogP contribution is -2.44. The van der Waals surface area contributed by atoms with E-state index in [1.54, 1.807) is 6.92 Å². The van der Waals surface area contributed by atoms with Gasteiger partial charge < -0.3 is 15.7 Å². The Labute approximate surface area is 149 Å². The molecule has 0 bridgehead atoms. The van der Waals surface area contributed by atoms with Crippen LogP contribution in [0.15, 0.2) is 12.1 Å². The highest BCUT2D eigenvalue weighted by atomic mass is 35.5. The fourth-order valence-electron chi connectivity index (χ4n) is 2.86. The summed E-state index contributed by atoms with van der Waals surface area (Å²) >= 11 is 11.7. The smallest absolute Gasteiger partial charge is 0.315 e. The second-order valence-electron chi connectivity index (χ2n) is 6.01. The standard InChI is InChI=1S/C16H19Cl2FN2O3/c1-8(11-6-14(19)13(18)7-12(11)17)20-16(24)21-10-4-2-9(3-5-10)15(22)23/h6-10H,2-5H2,1H3,(H,22,23)(H2,20,21,24). The van der Waals surface area contributed by atoms with Gasteiger partial charge in [-0.05, 0) is 50.3 Å². The second-order valence-corrected chi connectivity index (χ2v) is 6.83. The second kappa shape index (κ2) is 8.03. The molecule has 0 saturated heterocycles. The minimum atomic E-state index is -0.786. The summed E-state index contributed by atoms with van der Waals surface area (Å²) in [5, 5.41) is 14.7. The average Bonchev–Trinajstić information content (AvgIpc) is 2.51. The third-order valence-electron chi connectivity index (χ3n) is 4.27. The third-order valence-corrected chi connectivity index (χ3v) is 4.88. The number of amides is 2. The van der Waals surface area contributed by atoms with Crippen LogP contribution in [0.25, 0.3) is 0 Å². The molecule has 1 aliphatic rings. The molecular weight excluding hydrogens is 358 g/mol. The van der Waals surface area contributed by atoms with Gasteiger partial charge in [0.1, 0.15) is 5.82 Å². The van der Waals surface area contributed by atoms with Crippen LogP contribution in [0.5, 0.6) is 0 Å². The first kappa shape index (κ1) is 18.8. The van der Waals surface area contributed by atoms with Gasteiger partial charge in [-0.3, -0.25) is 4.79 Å². The molecule has 0 aromatic heterocycles. The molecule has 0 radical (unpaired) electrons. The van der Waals surface area contributed by atoms with Gasteiger partial charge in [-0.2, -0.15) is 0 Å². The molecule has 0 spiro atoms. The van der Waals surface area contributed by atoms with E-state index in [1.807, 2.05) is 0 Å². The quantitative estimate of drug-likeness (QED) is 0.691. The highest BCUT2D eigenvalue weighted by Gasteiger charge is 2.27. The van der Waals surface area contributed by atoms with Crippen molar-refractivity contribution >= 4 is 35.2 Å². The van der Waals surface area contributed by atoms with Crippen molar-refractivity contribution in [3.05, 3.63) is 33.6 Å². The molecule has 24 heavy (non-hydrogen) atoms. The summed E-state index contributed by atoms with van der Waals surface area (Å²) in [5.74, 6) is -1.72. The van der Waals surface area contributed by atoms with Crippen LogP contribution in [-0.4, -0.2) is 23.1 Å². The van der Waals surface area contributed by atoms with Crippen molar-refractivity contribution in [2.75, 3.05) is 0 Å². The van der Waals surface area contributed by atoms with E-state index in [4.69, 9.17) is 28.3 Å². The zero-order valence-electron chi connectivity index (χ0n) is 13.1. The van der Waals surface area contributed by atoms with Crippen molar-refractivity contribution in [3.63, 3.8) is 0 Å². The van der Waals surface area contributed by atoms with E-state index in [1.165, 1.54) is 12.1 Å². The summed E-state index contributed by atoms with van der Waals surface area (Å²) in [6.07, 6.45) is 2.33. The van der Waals surface area contributed by atoms with Gasteiger partial charge in [-0.25, -0.2) is 9.18 Å². The molecule has 132 valence electrons. The van der Waals surface area contributed by atoms with Crippen LogP contribution in [0.3, 0.4) is 0 Å². The van der Waals surface area contributed by atoms with Crippen LogP contribution in [0, 0.1) is 11.7 Å². The number of hydrogen-bond acceptors (Lipinski definition) is 2. The Hall–Kier alpha value is -1.53. The SMILES string of the molecule is CC(NC(=O)NC1CCC(C(=O)O)CC1)c1cc(F)c(Cl)cc1Cl. The maximum absolute atomic E-state index is 13.6. The van der Waals surface area contributed by atoms with Gasteiger partial charge in [0.05, 0.1) is 17.0 Å². The van der Waals surface area contributed by atoms with Crippen LogP contribution < -0.4 is 10.6 Å². The van der Waals surface area contributed by atoms with E-state index >= 15 is 0 Å². The summed E-state index contributed by atoms with van der Waals surface area (Å²) in [6, 6.07) is 1.54. The fraction of sp³-hybridized carbons (Fsp3) is 0.500. The van der Waals surface area contributed by atoms with Crippen molar-refractivity contribution in [2.24, 2.45) is 5.92 Å². The van der Waals surface area contributed by atoms with E-state index in [9.17, 15) is 14.0 Å². The van der Waals surface area contributed by atoms with Crippen molar-refractivity contribution < 1.29 is 19.1 Å². The van der Waals surface area contributed by atoms with Crippen LogP contribution in [0.2, 0.25) is 10.0 Å². The van der Waals surface area contributed by atoms with Crippen LogP contribution in [-0.2, 0) is 4.79 Å². The fourth-order valence-corrected chi connectivity index (χ4v) is 3.40. The molecule has 2 rings (SSSR count). The number of urea groups is 1. The van der Waals surface area contributed by atoms with Crippen molar-refractivity contribution in [3.8, 4) is 0 Å². The first-order chi connectivity index (χ1) is 11.3.